The van der Waals surface area contributed by atoms with Crippen LogP contribution >= 0.6 is 15.9 Å². The van der Waals surface area contributed by atoms with Gasteiger partial charge in [0.2, 0.25) is 11.9 Å². The lowest BCUT2D eigenvalue weighted by Gasteiger charge is -2.35. The van der Waals surface area contributed by atoms with Gasteiger partial charge in [-0.05, 0) is 28.8 Å². The lowest BCUT2D eigenvalue weighted by atomic mass is 10.2. The highest BCUT2D eigenvalue weighted by Gasteiger charge is 2.34. The molecule has 1 atom stereocenters. The average molecular weight is 357 g/mol. The molecule has 114 valence electrons. The minimum absolute atomic E-state index is 0.0232. The molecule has 2 aliphatic rings. The first-order chi connectivity index (χ1) is 10.2. The fraction of sp³-hybridized carbons (Fsp3) is 0.583. The molecule has 1 aromatic rings. The monoisotopic (exact) mass is 356 g/mol. The zero-order chi connectivity index (χ0) is 14.8. The second-order valence-electron chi connectivity index (χ2n) is 5.08. The zero-order valence-electron chi connectivity index (χ0n) is 11.4. The van der Waals surface area contributed by atoms with E-state index in [4.69, 9.17) is 10.6 Å². The molecule has 2 fully saturated rings. The quantitative estimate of drug-likeness (QED) is 0.515. The Balaban J connectivity index is 1.84. The largest absolute Gasteiger partial charge is 0.377 e. The molecule has 1 saturated carbocycles. The molecule has 0 radical (unpaired) electrons. The van der Waals surface area contributed by atoms with Crippen LogP contribution in [0.2, 0.25) is 0 Å². The van der Waals surface area contributed by atoms with E-state index in [-0.39, 0.29) is 5.91 Å². The number of nitrogen functional groups attached to an aromatic ring is 1. The Morgan fingerprint density at radius 3 is 3.05 bits per heavy atom. The number of nitrogens with zero attached hydrogens (tertiary/aromatic N) is 3. The van der Waals surface area contributed by atoms with Gasteiger partial charge in [-0.1, -0.05) is 0 Å². The fourth-order valence-electron chi connectivity index (χ4n) is 2.23. The van der Waals surface area contributed by atoms with Crippen molar-refractivity contribution in [1.29, 1.82) is 0 Å². The van der Waals surface area contributed by atoms with Crippen molar-refractivity contribution >= 4 is 33.6 Å². The topological polar surface area (TPSA) is 105 Å². The van der Waals surface area contributed by atoms with E-state index in [0.717, 1.165) is 12.8 Å². The Labute approximate surface area is 130 Å². The summed E-state index contributed by atoms with van der Waals surface area (Å²) < 4.78 is 6.17. The van der Waals surface area contributed by atoms with Crippen LogP contribution in [0.4, 0.5) is 11.8 Å². The molecule has 0 aromatic carbocycles. The normalized spacial score (nSPS) is 22.0. The third-order valence-electron chi connectivity index (χ3n) is 3.48. The number of carbonyl (C=O) groups is 1. The summed E-state index contributed by atoms with van der Waals surface area (Å²) in [6.45, 7) is 1.48. The van der Waals surface area contributed by atoms with Gasteiger partial charge < -0.3 is 15.0 Å². The van der Waals surface area contributed by atoms with Crippen LogP contribution in [-0.4, -0.2) is 47.7 Å². The number of ether oxygens (including phenoxy) is 1. The van der Waals surface area contributed by atoms with E-state index >= 15 is 0 Å². The van der Waals surface area contributed by atoms with Crippen molar-refractivity contribution < 1.29 is 9.53 Å². The SMILES string of the molecule is NNc1ncc(Br)c(N2CCOCC2C(=O)NC2CC2)n1. The highest BCUT2D eigenvalue weighted by molar-refractivity contribution is 9.10. The highest BCUT2D eigenvalue weighted by atomic mass is 79.9. The maximum absolute atomic E-state index is 12.4. The Morgan fingerprint density at radius 2 is 2.33 bits per heavy atom. The maximum atomic E-state index is 12.4. The minimum Gasteiger partial charge on any atom is -0.377 e. The lowest BCUT2D eigenvalue weighted by molar-refractivity contribution is -0.124. The third kappa shape index (κ3) is 3.25. The molecule has 1 amide bonds. The molecule has 8 nitrogen and oxygen atoms in total. The van der Waals surface area contributed by atoms with E-state index in [1.807, 2.05) is 4.90 Å². The number of rotatable bonds is 4. The van der Waals surface area contributed by atoms with Crippen LogP contribution in [0.3, 0.4) is 0 Å². The summed E-state index contributed by atoms with van der Waals surface area (Å²) in [4.78, 5) is 22.7. The van der Waals surface area contributed by atoms with Gasteiger partial charge in [0.05, 0.1) is 17.7 Å². The van der Waals surface area contributed by atoms with Crippen LogP contribution in [0.25, 0.3) is 0 Å². The third-order valence-corrected chi connectivity index (χ3v) is 4.04. The highest BCUT2D eigenvalue weighted by Crippen LogP contribution is 2.28. The van der Waals surface area contributed by atoms with Crippen molar-refractivity contribution in [1.82, 2.24) is 15.3 Å². The van der Waals surface area contributed by atoms with Crippen LogP contribution in [0.1, 0.15) is 12.8 Å². The van der Waals surface area contributed by atoms with Crippen LogP contribution in [0.5, 0.6) is 0 Å². The van der Waals surface area contributed by atoms with Crippen molar-refractivity contribution in [2.45, 2.75) is 24.9 Å². The Kier molecular flexibility index (Phi) is 4.22. The van der Waals surface area contributed by atoms with Gasteiger partial charge in [0.15, 0.2) is 0 Å². The van der Waals surface area contributed by atoms with E-state index in [1.165, 1.54) is 0 Å². The van der Waals surface area contributed by atoms with Gasteiger partial charge in [-0.25, -0.2) is 10.8 Å². The molecule has 21 heavy (non-hydrogen) atoms. The summed E-state index contributed by atoms with van der Waals surface area (Å²) in [7, 11) is 0. The van der Waals surface area contributed by atoms with Crippen molar-refractivity contribution in [2.75, 3.05) is 30.1 Å². The summed E-state index contributed by atoms with van der Waals surface area (Å²) in [5.74, 6) is 6.27. The van der Waals surface area contributed by atoms with Crippen molar-refractivity contribution in [3.63, 3.8) is 0 Å². The van der Waals surface area contributed by atoms with E-state index in [9.17, 15) is 4.79 Å². The molecule has 0 bridgehead atoms. The number of carbonyl (C=O) groups excluding carboxylic acids is 1. The number of hydrogen-bond acceptors (Lipinski definition) is 7. The fourth-order valence-corrected chi connectivity index (χ4v) is 2.65. The van der Waals surface area contributed by atoms with Gasteiger partial charge in [-0.3, -0.25) is 10.2 Å². The molecule has 1 aliphatic heterocycles. The number of halogens is 1. The standard InChI is InChI=1S/C12H17BrN6O2/c13-8-5-15-12(18-14)17-10(8)19-3-4-21-6-9(19)11(20)16-7-1-2-7/h5,7,9H,1-4,6,14H2,(H,16,20)(H,15,17,18). The average Bonchev–Trinajstić information content (AvgIpc) is 3.32. The van der Waals surface area contributed by atoms with Crippen molar-refractivity contribution in [3.05, 3.63) is 10.7 Å². The number of hydrogen-bond donors (Lipinski definition) is 3. The Hall–Kier alpha value is -1.45. The van der Waals surface area contributed by atoms with Crippen LogP contribution in [-0.2, 0) is 9.53 Å². The molecule has 3 rings (SSSR count). The second-order valence-corrected chi connectivity index (χ2v) is 5.93. The summed E-state index contributed by atoms with van der Waals surface area (Å²) >= 11 is 3.43. The van der Waals surface area contributed by atoms with Crippen LogP contribution in [0, 0.1) is 0 Å². The van der Waals surface area contributed by atoms with Crippen molar-refractivity contribution in [2.24, 2.45) is 5.84 Å². The Bertz CT molecular complexity index is 538. The van der Waals surface area contributed by atoms with Gasteiger partial charge in [0.1, 0.15) is 11.9 Å². The molecule has 1 aromatic heterocycles. The van der Waals surface area contributed by atoms with Crippen LogP contribution < -0.4 is 21.5 Å². The molecule has 1 saturated heterocycles. The predicted molar refractivity (Wildman–Crippen MR) is 80.7 cm³/mol. The summed E-state index contributed by atoms with van der Waals surface area (Å²) in [5.41, 5.74) is 2.42. The van der Waals surface area contributed by atoms with E-state index < -0.39 is 6.04 Å². The molecule has 9 heteroatoms. The number of morpholine rings is 1. The number of aromatic nitrogens is 2. The first-order valence-corrected chi connectivity index (χ1v) is 7.62. The lowest BCUT2D eigenvalue weighted by Crippen LogP contribution is -2.54. The number of amides is 1. The molecule has 1 aliphatic carbocycles. The van der Waals surface area contributed by atoms with E-state index in [0.29, 0.717) is 42.0 Å². The molecular weight excluding hydrogens is 340 g/mol. The van der Waals surface area contributed by atoms with Crippen molar-refractivity contribution in [3.8, 4) is 0 Å². The first-order valence-electron chi connectivity index (χ1n) is 6.83. The van der Waals surface area contributed by atoms with E-state index in [1.54, 1.807) is 6.20 Å². The van der Waals surface area contributed by atoms with Gasteiger partial charge in [-0.2, -0.15) is 4.98 Å². The smallest absolute Gasteiger partial charge is 0.245 e. The van der Waals surface area contributed by atoms with Crippen LogP contribution in [0.15, 0.2) is 10.7 Å². The van der Waals surface area contributed by atoms with Gasteiger partial charge in [0, 0.05) is 18.8 Å². The summed E-state index contributed by atoms with van der Waals surface area (Å²) in [6.07, 6.45) is 3.72. The molecule has 2 heterocycles. The van der Waals surface area contributed by atoms with Gasteiger partial charge >= 0.3 is 0 Å². The van der Waals surface area contributed by atoms with E-state index in [2.05, 4.69) is 36.6 Å². The molecule has 1 unspecified atom stereocenters. The second kappa shape index (κ2) is 6.12. The predicted octanol–water partition coefficient (Wildman–Crippen LogP) is 0.00850. The summed E-state index contributed by atoms with van der Waals surface area (Å²) in [5, 5.41) is 3.01. The minimum atomic E-state index is -0.392. The Morgan fingerprint density at radius 1 is 1.52 bits per heavy atom. The number of nitrogens with one attached hydrogen (secondary N) is 2. The van der Waals surface area contributed by atoms with Gasteiger partial charge in [-0.15, -0.1) is 0 Å². The number of anilines is 2. The van der Waals surface area contributed by atoms with Gasteiger partial charge in [0.25, 0.3) is 0 Å². The number of hydrazine groups is 1. The summed E-state index contributed by atoms with van der Waals surface area (Å²) in [6, 6.07) is -0.0763. The number of nitrogens with two attached hydrogens (primary N) is 1. The first kappa shape index (κ1) is 14.5. The molecule has 4 N–H and O–H groups in total. The zero-order valence-corrected chi connectivity index (χ0v) is 13.0. The maximum Gasteiger partial charge on any atom is 0.245 e. The molecule has 0 spiro atoms. The molecular formula is C12H17BrN6O2.